The first kappa shape index (κ1) is 20.4. The average Bonchev–Trinajstić information content (AvgIpc) is 2.73. The van der Waals surface area contributed by atoms with Gasteiger partial charge in [0.2, 0.25) is 0 Å². The molecule has 0 aliphatic heterocycles. The number of rotatable bonds is 8. The first-order valence-corrected chi connectivity index (χ1v) is 10.6. The van der Waals surface area contributed by atoms with E-state index < -0.39 is 16.0 Å². The summed E-state index contributed by atoms with van der Waals surface area (Å²) < 4.78 is 27.5. The van der Waals surface area contributed by atoms with Crippen LogP contribution in [-0.2, 0) is 16.6 Å². The molecule has 3 aromatic carbocycles. The van der Waals surface area contributed by atoms with E-state index in [1.54, 1.807) is 30.3 Å². The molecular formula is C22H22N2O4S. The maximum atomic E-state index is 12.5. The number of carboxylic acids is 1. The Hall–Kier alpha value is -3.32. The second-order valence-electron chi connectivity index (χ2n) is 6.46. The van der Waals surface area contributed by atoms with E-state index in [2.05, 4.69) is 4.72 Å². The van der Waals surface area contributed by atoms with E-state index in [-0.39, 0.29) is 16.1 Å². The first-order chi connectivity index (χ1) is 13.9. The van der Waals surface area contributed by atoms with Gasteiger partial charge in [-0.1, -0.05) is 48.5 Å². The van der Waals surface area contributed by atoms with E-state index in [1.807, 2.05) is 42.2 Å². The van der Waals surface area contributed by atoms with Gasteiger partial charge in [0.1, 0.15) is 0 Å². The molecule has 0 aromatic heterocycles. The summed E-state index contributed by atoms with van der Waals surface area (Å²) >= 11 is 0. The number of nitrogens with one attached hydrogen (secondary N) is 1. The molecule has 0 radical (unpaired) electrons. The third-order valence-electron chi connectivity index (χ3n) is 4.47. The molecule has 0 spiro atoms. The van der Waals surface area contributed by atoms with Gasteiger partial charge < -0.3 is 10.0 Å². The Labute approximate surface area is 170 Å². The molecule has 3 aromatic rings. The summed E-state index contributed by atoms with van der Waals surface area (Å²) in [4.78, 5) is 13.9. The Balaban J connectivity index is 1.91. The Morgan fingerprint density at radius 1 is 0.966 bits per heavy atom. The van der Waals surface area contributed by atoms with Crippen LogP contribution in [0.3, 0.4) is 0 Å². The van der Waals surface area contributed by atoms with Crippen LogP contribution < -0.4 is 9.62 Å². The fourth-order valence-corrected chi connectivity index (χ4v) is 4.10. The number of carboxylic acid groups (broad SMARTS) is 1. The van der Waals surface area contributed by atoms with Crippen molar-refractivity contribution in [1.82, 2.24) is 0 Å². The molecule has 150 valence electrons. The number of nitrogens with zero attached hydrogens (tertiary/aromatic N) is 1. The molecule has 0 bridgehead atoms. The van der Waals surface area contributed by atoms with Crippen LogP contribution in [0.2, 0.25) is 0 Å². The fraction of sp³-hybridized carbons (Fsp3) is 0.136. The van der Waals surface area contributed by atoms with Crippen LogP contribution >= 0.6 is 0 Å². The van der Waals surface area contributed by atoms with Crippen LogP contribution in [0.1, 0.15) is 22.8 Å². The molecule has 3 rings (SSSR count). The maximum absolute atomic E-state index is 12.5. The van der Waals surface area contributed by atoms with Crippen LogP contribution in [-0.4, -0.2) is 26.0 Å². The molecule has 0 heterocycles. The van der Waals surface area contributed by atoms with Gasteiger partial charge in [0, 0.05) is 18.8 Å². The summed E-state index contributed by atoms with van der Waals surface area (Å²) in [6.07, 6.45) is 0. The van der Waals surface area contributed by atoms with Gasteiger partial charge >= 0.3 is 5.97 Å². The molecule has 0 saturated carbocycles. The summed E-state index contributed by atoms with van der Waals surface area (Å²) in [5.41, 5.74) is 1.83. The van der Waals surface area contributed by atoms with E-state index in [0.29, 0.717) is 18.8 Å². The lowest BCUT2D eigenvalue weighted by molar-refractivity contribution is 0.0697. The summed E-state index contributed by atoms with van der Waals surface area (Å²) in [6.45, 7) is 3.09. The average molecular weight is 410 g/mol. The number of aromatic carboxylic acids is 1. The SMILES string of the molecule is CCN(Cc1ccccc1)c1ccc(NS(=O)(=O)c2ccccc2)cc1C(=O)O. The van der Waals surface area contributed by atoms with Crippen LogP contribution in [0.4, 0.5) is 11.4 Å². The Morgan fingerprint density at radius 3 is 2.17 bits per heavy atom. The van der Waals surface area contributed by atoms with Gasteiger partial charge in [0.25, 0.3) is 10.0 Å². The predicted octanol–water partition coefficient (Wildman–Crippen LogP) is 4.21. The minimum Gasteiger partial charge on any atom is -0.478 e. The summed E-state index contributed by atoms with van der Waals surface area (Å²) in [5.74, 6) is -1.12. The minimum absolute atomic E-state index is 0.0380. The molecule has 2 N–H and O–H groups in total. The normalized spacial score (nSPS) is 11.1. The zero-order valence-electron chi connectivity index (χ0n) is 15.9. The van der Waals surface area contributed by atoms with Crippen molar-refractivity contribution in [1.29, 1.82) is 0 Å². The molecule has 0 aliphatic rings. The van der Waals surface area contributed by atoms with Crippen molar-refractivity contribution < 1.29 is 18.3 Å². The molecule has 6 nitrogen and oxygen atoms in total. The largest absolute Gasteiger partial charge is 0.478 e. The summed E-state index contributed by atoms with van der Waals surface area (Å²) in [5, 5.41) is 9.71. The lowest BCUT2D eigenvalue weighted by atomic mass is 10.1. The molecule has 7 heteroatoms. The number of carbonyl (C=O) groups is 1. The number of sulfonamides is 1. The highest BCUT2D eigenvalue weighted by molar-refractivity contribution is 7.92. The van der Waals surface area contributed by atoms with Gasteiger partial charge in [0.15, 0.2) is 0 Å². The van der Waals surface area contributed by atoms with Gasteiger partial charge in [-0.2, -0.15) is 0 Å². The van der Waals surface area contributed by atoms with Crippen molar-refractivity contribution >= 4 is 27.4 Å². The fourth-order valence-electron chi connectivity index (χ4n) is 3.03. The standard InChI is InChI=1S/C22H22N2O4S/c1-2-24(16-17-9-5-3-6-10-17)21-14-13-18(15-20(21)22(25)26)23-29(27,28)19-11-7-4-8-12-19/h3-15,23H,2,16H2,1H3,(H,25,26). The Bertz CT molecular complexity index is 1080. The van der Waals surface area contributed by atoms with E-state index >= 15 is 0 Å². The number of hydrogen-bond acceptors (Lipinski definition) is 4. The zero-order chi connectivity index (χ0) is 20.9. The van der Waals surface area contributed by atoms with Crippen molar-refractivity contribution in [3.05, 3.63) is 90.0 Å². The molecule has 0 atom stereocenters. The van der Waals surface area contributed by atoms with Crippen LogP contribution in [0, 0.1) is 0 Å². The molecule has 29 heavy (non-hydrogen) atoms. The third-order valence-corrected chi connectivity index (χ3v) is 5.87. The van der Waals surface area contributed by atoms with E-state index in [4.69, 9.17) is 0 Å². The lowest BCUT2D eigenvalue weighted by Crippen LogP contribution is -2.24. The number of hydrogen-bond donors (Lipinski definition) is 2. The highest BCUT2D eigenvalue weighted by Gasteiger charge is 2.19. The first-order valence-electron chi connectivity index (χ1n) is 9.15. The van der Waals surface area contributed by atoms with Crippen molar-refractivity contribution in [2.75, 3.05) is 16.2 Å². The lowest BCUT2D eigenvalue weighted by Gasteiger charge is -2.25. The highest BCUT2D eigenvalue weighted by atomic mass is 32.2. The van der Waals surface area contributed by atoms with Crippen LogP contribution in [0.15, 0.2) is 83.8 Å². The Morgan fingerprint density at radius 2 is 1.59 bits per heavy atom. The quantitative estimate of drug-likeness (QED) is 0.581. The number of benzene rings is 3. The molecule has 0 unspecified atom stereocenters. The molecular weight excluding hydrogens is 388 g/mol. The maximum Gasteiger partial charge on any atom is 0.337 e. The topological polar surface area (TPSA) is 86.7 Å². The molecule has 0 amide bonds. The Kier molecular flexibility index (Phi) is 6.19. The molecule has 0 fully saturated rings. The van der Waals surface area contributed by atoms with Gasteiger partial charge in [-0.05, 0) is 42.8 Å². The van der Waals surface area contributed by atoms with Gasteiger partial charge in [-0.25, -0.2) is 13.2 Å². The van der Waals surface area contributed by atoms with Crippen molar-refractivity contribution in [3.63, 3.8) is 0 Å². The van der Waals surface area contributed by atoms with Gasteiger partial charge in [-0.15, -0.1) is 0 Å². The number of anilines is 2. The molecule has 0 saturated heterocycles. The predicted molar refractivity (Wildman–Crippen MR) is 114 cm³/mol. The molecule has 0 aliphatic carbocycles. The summed E-state index contributed by atoms with van der Waals surface area (Å²) in [7, 11) is -3.80. The van der Waals surface area contributed by atoms with Crippen molar-refractivity contribution in [3.8, 4) is 0 Å². The van der Waals surface area contributed by atoms with E-state index in [9.17, 15) is 18.3 Å². The van der Waals surface area contributed by atoms with Crippen molar-refractivity contribution in [2.24, 2.45) is 0 Å². The van der Waals surface area contributed by atoms with Crippen molar-refractivity contribution in [2.45, 2.75) is 18.4 Å². The second-order valence-corrected chi connectivity index (χ2v) is 8.14. The third kappa shape index (κ3) is 4.94. The second kappa shape index (κ2) is 8.79. The monoisotopic (exact) mass is 410 g/mol. The zero-order valence-corrected chi connectivity index (χ0v) is 16.8. The smallest absolute Gasteiger partial charge is 0.337 e. The van der Waals surface area contributed by atoms with E-state index in [0.717, 1.165) is 5.56 Å². The van der Waals surface area contributed by atoms with Crippen LogP contribution in [0.25, 0.3) is 0 Å². The van der Waals surface area contributed by atoms with Gasteiger partial charge in [-0.3, -0.25) is 4.72 Å². The van der Waals surface area contributed by atoms with Gasteiger partial charge in [0.05, 0.1) is 16.1 Å². The minimum atomic E-state index is -3.80. The summed E-state index contributed by atoms with van der Waals surface area (Å²) in [6, 6.07) is 22.3. The van der Waals surface area contributed by atoms with Crippen LogP contribution in [0.5, 0.6) is 0 Å². The van der Waals surface area contributed by atoms with E-state index in [1.165, 1.54) is 18.2 Å². The highest BCUT2D eigenvalue weighted by Crippen LogP contribution is 2.27.